The summed E-state index contributed by atoms with van der Waals surface area (Å²) < 4.78 is 15.6. The van der Waals surface area contributed by atoms with Crippen molar-refractivity contribution in [1.82, 2.24) is 5.32 Å². The second-order valence-corrected chi connectivity index (χ2v) is 7.69. The summed E-state index contributed by atoms with van der Waals surface area (Å²) in [6.07, 6.45) is 2.12. The third kappa shape index (κ3) is 7.01. The molecule has 2 aromatic rings. The van der Waals surface area contributed by atoms with Crippen LogP contribution in [0.15, 0.2) is 36.4 Å². The van der Waals surface area contributed by atoms with E-state index in [4.69, 9.17) is 25.8 Å². The number of carbonyl (C=O) groups excluding carboxylic acids is 1. The minimum atomic E-state index is -0.658. The van der Waals surface area contributed by atoms with E-state index in [1.54, 1.807) is 26.2 Å². The van der Waals surface area contributed by atoms with Gasteiger partial charge >= 0.3 is 5.97 Å². The maximum Gasteiger partial charge on any atom is 0.344 e. The molecule has 0 saturated carbocycles. The maximum absolute atomic E-state index is 11.5. The lowest BCUT2D eigenvalue weighted by Gasteiger charge is -2.27. The molecule has 0 spiro atoms. The lowest BCUT2D eigenvalue weighted by Crippen LogP contribution is -2.37. The Morgan fingerprint density at radius 2 is 2.06 bits per heavy atom. The summed E-state index contributed by atoms with van der Waals surface area (Å²) in [5, 5.41) is 14.5. The second-order valence-electron chi connectivity index (χ2n) is 7.28. The van der Waals surface area contributed by atoms with Gasteiger partial charge in [0.1, 0.15) is 11.5 Å². The summed E-state index contributed by atoms with van der Waals surface area (Å²) in [6.45, 7) is 2.45. The molecule has 0 aromatic heterocycles. The number of hydrogen-bond donors (Lipinski definition) is 2. The zero-order valence-corrected chi connectivity index (χ0v) is 19.3. The molecule has 0 radical (unpaired) electrons. The van der Waals surface area contributed by atoms with Crippen LogP contribution in [-0.2, 0) is 22.4 Å². The number of aryl methyl sites for hydroxylation is 1. The number of methoxy groups -OCH3 is 1. The molecular formula is C23H29Cl2NO5. The number of ether oxygens (including phenoxy) is 3. The number of benzene rings is 2. The zero-order valence-electron chi connectivity index (χ0n) is 17.7. The predicted molar refractivity (Wildman–Crippen MR) is 123 cm³/mol. The van der Waals surface area contributed by atoms with Crippen molar-refractivity contribution in [3.05, 3.63) is 58.1 Å². The molecule has 1 aliphatic rings. The van der Waals surface area contributed by atoms with Crippen molar-refractivity contribution in [2.75, 3.05) is 26.9 Å². The van der Waals surface area contributed by atoms with Gasteiger partial charge < -0.3 is 24.6 Å². The molecule has 0 saturated heterocycles. The van der Waals surface area contributed by atoms with E-state index >= 15 is 0 Å². The van der Waals surface area contributed by atoms with Crippen molar-refractivity contribution in [1.29, 1.82) is 0 Å². The highest BCUT2D eigenvalue weighted by Crippen LogP contribution is 2.28. The molecule has 2 N–H and O–H groups in total. The van der Waals surface area contributed by atoms with E-state index in [1.165, 1.54) is 11.1 Å². The second kappa shape index (κ2) is 12.2. The number of aliphatic hydroxyl groups excluding tert-OH is 1. The molecule has 170 valence electrons. The van der Waals surface area contributed by atoms with E-state index in [-0.39, 0.29) is 31.0 Å². The highest BCUT2D eigenvalue weighted by Gasteiger charge is 2.20. The van der Waals surface area contributed by atoms with Crippen molar-refractivity contribution < 1.29 is 24.1 Å². The van der Waals surface area contributed by atoms with Crippen molar-refractivity contribution in [2.24, 2.45) is 0 Å². The minimum Gasteiger partial charge on any atom is -0.495 e. The summed E-state index contributed by atoms with van der Waals surface area (Å²) in [6, 6.07) is 11.5. The Labute approximate surface area is 194 Å². The summed E-state index contributed by atoms with van der Waals surface area (Å²) in [4.78, 5) is 11.5. The van der Waals surface area contributed by atoms with E-state index < -0.39 is 6.10 Å². The number of carbonyl (C=O) groups is 1. The van der Waals surface area contributed by atoms with Crippen LogP contribution < -0.4 is 14.8 Å². The van der Waals surface area contributed by atoms with Gasteiger partial charge in [0.25, 0.3) is 0 Å². The maximum atomic E-state index is 11.5. The SMILES string of the molecule is CCOC(=O)COc1ccc2c(c1)CC(NC[C@@H](O)c1ccc(OC)c(Cl)c1)CC2.Cl. The van der Waals surface area contributed by atoms with Gasteiger partial charge in [-0.3, -0.25) is 0 Å². The van der Waals surface area contributed by atoms with Crippen LogP contribution >= 0.6 is 24.0 Å². The van der Waals surface area contributed by atoms with Crippen LogP contribution in [0.25, 0.3) is 0 Å². The lowest BCUT2D eigenvalue weighted by atomic mass is 9.88. The fourth-order valence-electron chi connectivity index (χ4n) is 3.63. The summed E-state index contributed by atoms with van der Waals surface area (Å²) in [7, 11) is 1.56. The minimum absolute atomic E-state index is 0. The molecule has 0 bridgehead atoms. The van der Waals surface area contributed by atoms with Gasteiger partial charge in [0.15, 0.2) is 6.61 Å². The van der Waals surface area contributed by atoms with Crippen LogP contribution in [0.3, 0.4) is 0 Å². The summed E-state index contributed by atoms with van der Waals surface area (Å²) in [5.74, 6) is 0.878. The van der Waals surface area contributed by atoms with Gasteiger partial charge in [0.2, 0.25) is 0 Å². The van der Waals surface area contributed by atoms with Gasteiger partial charge in [-0.2, -0.15) is 0 Å². The molecule has 2 atom stereocenters. The average Bonchev–Trinajstić information content (AvgIpc) is 2.75. The standard InChI is InChI=1S/C23H28ClNO5.ClH/c1-3-29-23(27)14-30-19-8-5-15-4-7-18(10-17(15)11-19)25-13-21(26)16-6-9-22(28-2)20(24)12-16;/h5-6,8-9,11-12,18,21,25-26H,3-4,7,10,13-14H2,1-2H3;1H/t18?,21-;/m1./s1. The molecule has 0 amide bonds. The van der Waals surface area contributed by atoms with E-state index in [0.717, 1.165) is 24.8 Å². The largest absolute Gasteiger partial charge is 0.495 e. The van der Waals surface area contributed by atoms with Crippen LogP contribution in [0.2, 0.25) is 5.02 Å². The van der Waals surface area contributed by atoms with Gasteiger partial charge in [0, 0.05) is 12.6 Å². The first-order valence-electron chi connectivity index (χ1n) is 10.1. The quantitative estimate of drug-likeness (QED) is 0.542. The van der Waals surface area contributed by atoms with E-state index in [0.29, 0.717) is 29.7 Å². The molecule has 2 aromatic carbocycles. The van der Waals surface area contributed by atoms with Crippen molar-refractivity contribution in [2.45, 2.75) is 38.3 Å². The molecule has 1 unspecified atom stereocenters. The number of fused-ring (bicyclic) bond motifs is 1. The first-order chi connectivity index (χ1) is 14.5. The van der Waals surface area contributed by atoms with Gasteiger partial charge in [-0.05, 0) is 67.1 Å². The monoisotopic (exact) mass is 469 g/mol. The van der Waals surface area contributed by atoms with Crippen LogP contribution in [-0.4, -0.2) is 44.0 Å². The average molecular weight is 470 g/mol. The summed E-state index contributed by atoms with van der Waals surface area (Å²) in [5.41, 5.74) is 3.24. The third-order valence-corrected chi connectivity index (χ3v) is 5.52. The molecule has 8 heteroatoms. The zero-order chi connectivity index (χ0) is 21.5. The third-order valence-electron chi connectivity index (χ3n) is 5.23. The molecule has 3 rings (SSSR count). The normalized spacial score (nSPS) is 15.9. The number of aliphatic hydroxyl groups is 1. The highest BCUT2D eigenvalue weighted by molar-refractivity contribution is 6.32. The predicted octanol–water partition coefficient (Wildman–Crippen LogP) is 3.89. The van der Waals surface area contributed by atoms with Gasteiger partial charge in [-0.15, -0.1) is 12.4 Å². The molecule has 6 nitrogen and oxygen atoms in total. The molecule has 1 aliphatic carbocycles. The first kappa shape index (κ1) is 25.3. The lowest BCUT2D eigenvalue weighted by molar-refractivity contribution is -0.145. The van der Waals surface area contributed by atoms with Crippen molar-refractivity contribution in [3.63, 3.8) is 0 Å². The Hall–Kier alpha value is -1.99. The summed E-state index contributed by atoms with van der Waals surface area (Å²) >= 11 is 6.16. The van der Waals surface area contributed by atoms with Crippen molar-refractivity contribution in [3.8, 4) is 11.5 Å². The Kier molecular flexibility index (Phi) is 9.91. The first-order valence-corrected chi connectivity index (χ1v) is 10.5. The van der Waals surface area contributed by atoms with Crippen LogP contribution in [0.5, 0.6) is 11.5 Å². The van der Waals surface area contributed by atoms with Crippen LogP contribution in [0, 0.1) is 0 Å². The van der Waals surface area contributed by atoms with Crippen molar-refractivity contribution >= 4 is 30.0 Å². The molecule has 0 aliphatic heterocycles. The number of rotatable bonds is 9. The van der Waals surface area contributed by atoms with Gasteiger partial charge in [-0.25, -0.2) is 4.79 Å². The van der Waals surface area contributed by atoms with Gasteiger partial charge in [0.05, 0.1) is 24.8 Å². The van der Waals surface area contributed by atoms with Crippen LogP contribution in [0.4, 0.5) is 0 Å². The molecular weight excluding hydrogens is 441 g/mol. The Bertz CT molecular complexity index is 877. The fourth-order valence-corrected chi connectivity index (χ4v) is 3.89. The van der Waals surface area contributed by atoms with E-state index in [1.807, 2.05) is 18.2 Å². The molecule has 0 fully saturated rings. The smallest absolute Gasteiger partial charge is 0.344 e. The van der Waals surface area contributed by atoms with E-state index in [9.17, 15) is 9.90 Å². The number of nitrogens with one attached hydrogen (secondary N) is 1. The van der Waals surface area contributed by atoms with E-state index in [2.05, 4.69) is 11.4 Å². The highest BCUT2D eigenvalue weighted by atomic mass is 35.5. The number of halogens is 2. The topological polar surface area (TPSA) is 77.0 Å². The molecule has 31 heavy (non-hydrogen) atoms. The Morgan fingerprint density at radius 3 is 2.77 bits per heavy atom. The number of esters is 1. The Morgan fingerprint density at radius 1 is 1.26 bits per heavy atom. The Balaban J connectivity index is 0.00000341. The fraction of sp³-hybridized carbons (Fsp3) is 0.435. The number of hydrogen-bond acceptors (Lipinski definition) is 6. The molecule has 0 heterocycles. The van der Waals surface area contributed by atoms with Crippen LogP contribution in [0.1, 0.15) is 36.1 Å². The van der Waals surface area contributed by atoms with Gasteiger partial charge in [-0.1, -0.05) is 23.7 Å².